The molecule has 8 heteroatoms. The van der Waals surface area contributed by atoms with Crippen molar-refractivity contribution in [3.05, 3.63) is 118 Å². The average molecular weight is 578 g/mol. The van der Waals surface area contributed by atoms with Crippen LogP contribution in [0.2, 0.25) is 9.36 Å². The van der Waals surface area contributed by atoms with E-state index in [9.17, 15) is 8.42 Å². The zero-order valence-corrected chi connectivity index (χ0v) is 23.4. The highest BCUT2D eigenvalue weighted by molar-refractivity contribution is 7.94. The Morgan fingerprint density at radius 2 is 1.63 bits per heavy atom. The molecule has 4 aromatic carbocycles. The van der Waals surface area contributed by atoms with Crippen LogP contribution in [0.3, 0.4) is 0 Å². The summed E-state index contributed by atoms with van der Waals surface area (Å²) in [6.07, 6.45) is 3.01. The molecule has 0 bridgehead atoms. The van der Waals surface area contributed by atoms with Gasteiger partial charge in [0.05, 0.1) is 5.02 Å². The molecule has 0 spiro atoms. The van der Waals surface area contributed by atoms with Crippen molar-refractivity contribution in [2.45, 2.75) is 10.6 Å². The van der Waals surface area contributed by atoms with Crippen molar-refractivity contribution in [3.8, 4) is 11.1 Å². The van der Waals surface area contributed by atoms with E-state index in [1.54, 1.807) is 12.1 Å². The number of nitrogens with one attached hydrogen (secondary N) is 1. The lowest BCUT2D eigenvalue weighted by atomic mass is 9.95. The van der Waals surface area contributed by atoms with Gasteiger partial charge in [-0.1, -0.05) is 89.9 Å². The molecule has 6 rings (SSSR count). The Morgan fingerprint density at radius 3 is 2.37 bits per heavy atom. The van der Waals surface area contributed by atoms with E-state index in [4.69, 9.17) is 23.2 Å². The Kier molecular flexibility index (Phi) is 6.44. The number of aryl methyl sites for hydroxylation is 1. The molecular weight excluding hydrogens is 555 g/mol. The van der Waals surface area contributed by atoms with Crippen LogP contribution in [0, 0.1) is 0 Å². The molecule has 0 fully saturated rings. The Bertz CT molecular complexity index is 1900. The molecule has 4 nitrogen and oxygen atoms in total. The van der Waals surface area contributed by atoms with Crippen molar-refractivity contribution in [1.82, 2.24) is 4.57 Å². The van der Waals surface area contributed by atoms with Gasteiger partial charge in [-0.25, -0.2) is 8.42 Å². The van der Waals surface area contributed by atoms with E-state index >= 15 is 0 Å². The number of rotatable bonds is 6. The number of hydrogen-bond acceptors (Lipinski definition) is 3. The lowest BCUT2D eigenvalue weighted by Gasteiger charge is -2.10. The van der Waals surface area contributed by atoms with Crippen molar-refractivity contribution < 1.29 is 8.42 Å². The molecule has 38 heavy (non-hydrogen) atoms. The standard InChI is InChI=1S/C30H22Cl2N2O2S2/c1-34-18-23(16-19-9-10-20-5-2-3-6-22(20)15-19)29-25(7-4-8-27(29)34)21-11-13-24(14-12-21)33-38(35,36)28-17-26(31)30(32)37-28/h2-15,17-18,33H,16H2,1H3. The number of fused-ring (bicyclic) bond motifs is 2. The van der Waals surface area contributed by atoms with Crippen LogP contribution in [0.1, 0.15) is 11.1 Å². The Morgan fingerprint density at radius 1 is 0.868 bits per heavy atom. The van der Waals surface area contributed by atoms with E-state index < -0.39 is 10.0 Å². The fourth-order valence-electron chi connectivity index (χ4n) is 4.87. The SMILES string of the molecule is Cn1cc(Cc2ccc3ccccc3c2)c2c(-c3ccc(NS(=O)(=O)c4cc(Cl)c(Cl)s4)cc3)cccc21. The molecule has 2 heterocycles. The second-order valence-corrected chi connectivity index (χ2v) is 13.2. The van der Waals surface area contributed by atoms with Gasteiger partial charge in [-0.2, -0.15) is 0 Å². The molecule has 0 saturated heterocycles. The van der Waals surface area contributed by atoms with E-state index in [0.29, 0.717) is 5.69 Å². The molecule has 0 aliphatic carbocycles. The molecule has 0 radical (unpaired) electrons. The molecule has 0 aliphatic heterocycles. The maximum absolute atomic E-state index is 12.8. The van der Waals surface area contributed by atoms with Gasteiger partial charge >= 0.3 is 0 Å². The zero-order chi connectivity index (χ0) is 26.4. The summed E-state index contributed by atoms with van der Waals surface area (Å²) in [4.78, 5) is 0. The van der Waals surface area contributed by atoms with Gasteiger partial charge in [0, 0.05) is 29.8 Å². The monoisotopic (exact) mass is 576 g/mol. The first kappa shape index (κ1) is 25.0. The second kappa shape index (κ2) is 9.79. The van der Waals surface area contributed by atoms with Crippen molar-refractivity contribution in [3.63, 3.8) is 0 Å². The maximum Gasteiger partial charge on any atom is 0.271 e. The molecule has 1 N–H and O–H groups in total. The highest BCUT2D eigenvalue weighted by atomic mass is 35.5. The minimum Gasteiger partial charge on any atom is -0.350 e. The quantitative estimate of drug-likeness (QED) is 0.215. The summed E-state index contributed by atoms with van der Waals surface area (Å²) >= 11 is 12.8. The minimum absolute atomic E-state index is 0.0731. The van der Waals surface area contributed by atoms with Crippen molar-refractivity contribution in [2.24, 2.45) is 7.05 Å². The van der Waals surface area contributed by atoms with E-state index in [-0.39, 0.29) is 13.6 Å². The van der Waals surface area contributed by atoms with Crippen LogP contribution in [-0.4, -0.2) is 13.0 Å². The third-order valence-electron chi connectivity index (χ3n) is 6.64. The normalized spacial score (nSPS) is 11.9. The number of aromatic nitrogens is 1. The zero-order valence-electron chi connectivity index (χ0n) is 20.3. The van der Waals surface area contributed by atoms with Gasteiger partial charge in [0.25, 0.3) is 10.0 Å². The van der Waals surface area contributed by atoms with Crippen LogP contribution in [0.4, 0.5) is 5.69 Å². The fraction of sp³-hybridized carbons (Fsp3) is 0.0667. The Labute approximate surface area is 235 Å². The molecule has 6 aromatic rings. The Hall–Kier alpha value is -3.29. The lowest BCUT2D eigenvalue weighted by Crippen LogP contribution is -2.11. The van der Waals surface area contributed by atoms with E-state index in [0.717, 1.165) is 34.4 Å². The maximum atomic E-state index is 12.8. The van der Waals surface area contributed by atoms with E-state index in [1.165, 1.54) is 33.4 Å². The minimum atomic E-state index is -3.78. The molecule has 0 amide bonds. The molecule has 0 atom stereocenters. The fourth-order valence-corrected chi connectivity index (χ4v) is 7.80. The second-order valence-electron chi connectivity index (χ2n) is 9.19. The summed E-state index contributed by atoms with van der Waals surface area (Å²) in [7, 11) is -1.72. The number of thiophene rings is 1. The van der Waals surface area contributed by atoms with Gasteiger partial charge in [0.2, 0.25) is 0 Å². The van der Waals surface area contributed by atoms with Gasteiger partial charge in [-0.3, -0.25) is 4.72 Å². The van der Waals surface area contributed by atoms with Crippen LogP contribution < -0.4 is 4.72 Å². The number of benzene rings is 4. The van der Waals surface area contributed by atoms with Crippen molar-refractivity contribution >= 4 is 71.9 Å². The predicted molar refractivity (Wildman–Crippen MR) is 160 cm³/mol. The van der Waals surface area contributed by atoms with Crippen molar-refractivity contribution in [2.75, 3.05) is 4.72 Å². The van der Waals surface area contributed by atoms with Gasteiger partial charge in [-0.05, 0) is 63.7 Å². The summed E-state index contributed by atoms with van der Waals surface area (Å²) in [6, 6.07) is 30.1. The molecule has 0 unspecified atom stereocenters. The van der Waals surface area contributed by atoms with Crippen LogP contribution in [-0.2, 0) is 23.5 Å². The van der Waals surface area contributed by atoms with E-state index in [2.05, 4.69) is 83.2 Å². The summed E-state index contributed by atoms with van der Waals surface area (Å²) < 4.78 is 30.7. The molecule has 190 valence electrons. The van der Waals surface area contributed by atoms with Gasteiger partial charge in [0.1, 0.15) is 8.55 Å². The molecule has 0 saturated carbocycles. The van der Waals surface area contributed by atoms with Crippen LogP contribution in [0.15, 0.2) is 101 Å². The number of sulfonamides is 1. The average Bonchev–Trinajstić information content (AvgIpc) is 3.43. The van der Waals surface area contributed by atoms with Gasteiger partial charge in [-0.15, -0.1) is 11.3 Å². The molecule has 2 aromatic heterocycles. The predicted octanol–water partition coefficient (Wildman–Crippen LogP) is 8.76. The topological polar surface area (TPSA) is 51.1 Å². The van der Waals surface area contributed by atoms with Gasteiger partial charge in [0.15, 0.2) is 0 Å². The number of halogens is 2. The first-order valence-electron chi connectivity index (χ1n) is 11.9. The van der Waals surface area contributed by atoms with E-state index in [1.807, 2.05) is 12.1 Å². The summed E-state index contributed by atoms with van der Waals surface area (Å²) in [5.41, 5.74) is 6.21. The smallest absolute Gasteiger partial charge is 0.271 e. The first-order valence-corrected chi connectivity index (χ1v) is 15.0. The summed E-state index contributed by atoms with van der Waals surface area (Å²) in [5, 5.41) is 3.88. The van der Waals surface area contributed by atoms with Crippen LogP contribution in [0.5, 0.6) is 0 Å². The van der Waals surface area contributed by atoms with Crippen LogP contribution in [0.25, 0.3) is 32.8 Å². The number of hydrogen-bond donors (Lipinski definition) is 1. The molecular formula is C30H22Cl2N2O2S2. The number of anilines is 1. The molecule has 0 aliphatic rings. The van der Waals surface area contributed by atoms with Gasteiger partial charge < -0.3 is 4.57 Å². The Balaban J connectivity index is 1.34. The first-order chi connectivity index (χ1) is 18.3. The highest BCUT2D eigenvalue weighted by Crippen LogP contribution is 2.36. The van der Waals surface area contributed by atoms with Crippen LogP contribution >= 0.6 is 34.5 Å². The number of nitrogens with zero attached hydrogens (tertiary/aromatic N) is 1. The van der Waals surface area contributed by atoms with Crippen molar-refractivity contribution in [1.29, 1.82) is 0 Å². The highest BCUT2D eigenvalue weighted by Gasteiger charge is 2.20. The summed E-state index contributed by atoms with van der Waals surface area (Å²) in [6.45, 7) is 0. The summed E-state index contributed by atoms with van der Waals surface area (Å²) in [5.74, 6) is 0. The lowest BCUT2D eigenvalue weighted by molar-refractivity contribution is 0.603. The third kappa shape index (κ3) is 4.69. The third-order valence-corrected chi connectivity index (χ3v) is 10.4. The largest absolute Gasteiger partial charge is 0.350 e.